The molecule has 0 radical (unpaired) electrons. The smallest absolute Gasteiger partial charge is 0.130 e. The molecule has 24 heavy (non-hydrogen) atoms. The highest BCUT2D eigenvalue weighted by Crippen LogP contribution is 2.34. The number of likely N-dealkylation sites (tertiary alicyclic amines) is 1. The van der Waals surface area contributed by atoms with Gasteiger partial charge in [0.25, 0.3) is 0 Å². The van der Waals surface area contributed by atoms with E-state index in [1.54, 1.807) is 21.3 Å². The van der Waals surface area contributed by atoms with Gasteiger partial charge >= 0.3 is 0 Å². The molecule has 0 aliphatic carbocycles. The summed E-state index contributed by atoms with van der Waals surface area (Å²) in [4.78, 5) is 2.56. The molecule has 1 fully saturated rings. The van der Waals surface area contributed by atoms with Crippen LogP contribution in [0.3, 0.4) is 0 Å². The first-order valence-electron chi connectivity index (χ1n) is 8.66. The number of nitrogens with zero attached hydrogens (tertiary/aromatic N) is 1. The second-order valence-electron chi connectivity index (χ2n) is 7.32. The van der Waals surface area contributed by atoms with Crippen molar-refractivity contribution in [1.29, 1.82) is 0 Å². The fraction of sp³-hybridized carbons (Fsp3) is 0.684. The van der Waals surface area contributed by atoms with E-state index in [0.717, 1.165) is 55.3 Å². The molecule has 0 spiro atoms. The van der Waals surface area contributed by atoms with E-state index >= 15 is 0 Å². The van der Waals surface area contributed by atoms with Gasteiger partial charge in [0, 0.05) is 43.3 Å². The van der Waals surface area contributed by atoms with E-state index in [4.69, 9.17) is 14.2 Å². The zero-order chi connectivity index (χ0) is 17.7. The summed E-state index contributed by atoms with van der Waals surface area (Å²) in [7, 11) is 5.01. The lowest BCUT2D eigenvalue weighted by Crippen LogP contribution is -2.49. The van der Waals surface area contributed by atoms with E-state index in [1.165, 1.54) is 0 Å². The molecule has 0 atom stereocenters. The molecular weight excluding hydrogens is 304 g/mol. The van der Waals surface area contributed by atoms with Crippen LogP contribution in [0.25, 0.3) is 0 Å². The van der Waals surface area contributed by atoms with Crippen molar-refractivity contribution >= 4 is 0 Å². The molecular formula is C19H32N2O3. The Balaban J connectivity index is 2.00. The molecule has 1 aliphatic heterocycles. The number of methoxy groups -OCH3 is 3. The average Bonchev–Trinajstić information content (AvgIpc) is 2.58. The highest BCUT2D eigenvalue weighted by atomic mass is 16.5. The Morgan fingerprint density at radius 3 is 1.96 bits per heavy atom. The summed E-state index contributed by atoms with van der Waals surface area (Å²) < 4.78 is 16.4. The zero-order valence-corrected chi connectivity index (χ0v) is 15.9. The highest BCUT2D eigenvalue weighted by molar-refractivity contribution is 5.50. The maximum atomic E-state index is 5.52. The zero-order valence-electron chi connectivity index (χ0n) is 15.9. The topological polar surface area (TPSA) is 43.0 Å². The Morgan fingerprint density at radius 1 is 1.00 bits per heavy atom. The molecule has 1 saturated heterocycles. The maximum absolute atomic E-state index is 5.52. The minimum atomic E-state index is 0.257. The Morgan fingerprint density at radius 2 is 1.54 bits per heavy atom. The maximum Gasteiger partial charge on any atom is 0.130 e. The fourth-order valence-corrected chi connectivity index (χ4v) is 3.25. The Bertz CT molecular complexity index is 507. The fourth-order valence-electron chi connectivity index (χ4n) is 3.25. The van der Waals surface area contributed by atoms with Crippen LogP contribution in [0.2, 0.25) is 0 Å². The molecule has 1 heterocycles. The third-order valence-corrected chi connectivity index (χ3v) is 4.83. The van der Waals surface area contributed by atoms with Crippen molar-refractivity contribution < 1.29 is 14.2 Å². The molecule has 136 valence electrons. The van der Waals surface area contributed by atoms with Gasteiger partial charge < -0.3 is 19.5 Å². The van der Waals surface area contributed by atoms with Gasteiger partial charge in [-0.2, -0.15) is 0 Å². The van der Waals surface area contributed by atoms with Crippen LogP contribution < -0.4 is 19.5 Å². The van der Waals surface area contributed by atoms with Gasteiger partial charge in [-0.25, -0.2) is 0 Å². The molecule has 0 aromatic heterocycles. The number of rotatable bonds is 6. The first-order chi connectivity index (χ1) is 11.4. The summed E-state index contributed by atoms with van der Waals surface area (Å²) in [5.74, 6) is 2.34. The number of piperidine rings is 1. The minimum Gasteiger partial charge on any atom is -0.496 e. The van der Waals surface area contributed by atoms with Crippen molar-refractivity contribution in [3.63, 3.8) is 0 Å². The number of nitrogens with one attached hydrogen (secondary N) is 1. The highest BCUT2D eigenvalue weighted by Gasteiger charge is 2.27. The van der Waals surface area contributed by atoms with Crippen molar-refractivity contribution in [2.75, 3.05) is 34.4 Å². The van der Waals surface area contributed by atoms with Crippen LogP contribution in [-0.4, -0.2) is 50.9 Å². The Hall–Kier alpha value is -1.46. The molecule has 5 heteroatoms. The van der Waals surface area contributed by atoms with Gasteiger partial charge in [-0.15, -0.1) is 0 Å². The summed E-state index contributed by atoms with van der Waals surface area (Å²) in [6, 6.07) is 4.34. The monoisotopic (exact) mass is 336 g/mol. The molecule has 0 saturated carbocycles. The van der Waals surface area contributed by atoms with Crippen molar-refractivity contribution in [3.8, 4) is 17.2 Å². The van der Waals surface area contributed by atoms with Crippen molar-refractivity contribution in [1.82, 2.24) is 10.2 Å². The summed E-state index contributed by atoms with van der Waals surface area (Å²) in [6.45, 7) is 9.86. The number of hydrogen-bond donors (Lipinski definition) is 1. The van der Waals surface area contributed by atoms with Crippen LogP contribution in [0.1, 0.15) is 39.2 Å². The molecule has 0 unspecified atom stereocenters. The van der Waals surface area contributed by atoms with Gasteiger partial charge in [-0.3, -0.25) is 4.90 Å². The first-order valence-corrected chi connectivity index (χ1v) is 8.66. The number of hydrogen-bond acceptors (Lipinski definition) is 5. The van der Waals surface area contributed by atoms with Crippen LogP contribution in [-0.2, 0) is 6.54 Å². The van der Waals surface area contributed by atoms with Gasteiger partial charge in [0.05, 0.1) is 26.9 Å². The molecule has 0 amide bonds. The molecule has 1 N–H and O–H groups in total. The first kappa shape index (κ1) is 18.9. The summed E-state index contributed by atoms with van der Waals surface area (Å²) >= 11 is 0. The van der Waals surface area contributed by atoms with Crippen LogP contribution in [0.5, 0.6) is 17.2 Å². The Kier molecular flexibility index (Phi) is 6.35. The van der Waals surface area contributed by atoms with Crippen LogP contribution in [0.4, 0.5) is 0 Å². The second kappa shape index (κ2) is 8.08. The lowest BCUT2D eigenvalue weighted by molar-refractivity contribution is 0.0959. The second-order valence-corrected chi connectivity index (χ2v) is 7.32. The predicted molar refractivity (Wildman–Crippen MR) is 97.3 cm³/mol. The quantitative estimate of drug-likeness (QED) is 0.865. The van der Waals surface area contributed by atoms with Gasteiger partial charge in [-0.05, 0) is 33.6 Å². The SMILES string of the molecule is COc1cc(OC)c(CNC2CCN(C(C)(C)C)CC2)c(OC)c1. The average molecular weight is 336 g/mol. The van der Waals surface area contributed by atoms with E-state index in [9.17, 15) is 0 Å². The van der Waals surface area contributed by atoms with Gasteiger partial charge in [0.1, 0.15) is 17.2 Å². The van der Waals surface area contributed by atoms with Crippen molar-refractivity contribution in [3.05, 3.63) is 17.7 Å². The molecule has 1 aliphatic rings. The normalized spacial score (nSPS) is 16.9. The summed E-state index contributed by atoms with van der Waals surface area (Å²) in [5.41, 5.74) is 1.30. The van der Waals surface area contributed by atoms with E-state index in [0.29, 0.717) is 6.04 Å². The molecule has 5 nitrogen and oxygen atoms in total. The van der Waals surface area contributed by atoms with Crippen LogP contribution in [0.15, 0.2) is 12.1 Å². The largest absolute Gasteiger partial charge is 0.496 e. The number of ether oxygens (including phenoxy) is 3. The van der Waals surface area contributed by atoms with E-state index in [2.05, 4.69) is 31.0 Å². The lowest BCUT2D eigenvalue weighted by Gasteiger charge is -2.41. The third kappa shape index (κ3) is 4.54. The van der Waals surface area contributed by atoms with E-state index in [-0.39, 0.29) is 5.54 Å². The van der Waals surface area contributed by atoms with Gasteiger partial charge in [-0.1, -0.05) is 0 Å². The van der Waals surface area contributed by atoms with E-state index < -0.39 is 0 Å². The standard InChI is InChI=1S/C19H32N2O3/c1-19(2,3)21-9-7-14(8-10-21)20-13-16-17(23-5)11-15(22-4)12-18(16)24-6/h11-12,14,20H,7-10,13H2,1-6H3. The van der Waals surface area contributed by atoms with Crippen LogP contribution >= 0.6 is 0 Å². The summed E-state index contributed by atoms with van der Waals surface area (Å²) in [6.07, 6.45) is 2.33. The van der Waals surface area contributed by atoms with Crippen molar-refractivity contribution in [2.45, 2.75) is 51.7 Å². The lowest BCUT2D eigenvalue weighted by atomic mass is 9.98. The van der Waals surface area contributed by atoms with Gasteiger partial charge in [0.15, 0.2) is 0 Å². The van der Waals surface area contributed by atoms with Crippen LogP contribution in [0, 0.1) is 0 Å². The third-order valence-electron chi connectivity index (χ3n) is 4.83. The van der Waals surface area contributed by atoms with Gasteiger partial charge in [0.2, 0.25) is 0 Å². The molecule has 1 aromatic carbocycles. The van der Waals surface area contributed by atoms with Crippen molar-refractivity contribution in [2.24, 2.45) is 0 Å². The number of benzene rings is 1. The summed E-state index contributed by atoms with van der Waals surface area (Å²) in [5, 5.41) is 3.67. The Labute approximate surface area is 146 Å². The molecule has 0 bridgehead atoms. The minimum absolute atomic E-state index is 0.257. The predicted octanol–water partition coefficient (Wildman–Crippen LogP) is 3.06. The molecule has 1 aromatic rings. The molecule has 2 rings (SSSR count). The van der Waals surface area contributed by atoms with E-state index in [1.807, 2.05) is 12.1 Å².